The molecule has 2 aliphatic rings. The van der Waals surface area contributed by atoms with Crippen LogP contribution in [0.3, 0.4) is 0 Å². The Kier molecular flexibility index (Phi) is 7.33. The van der Waals surface area contributed by atoms with E-state index < -0.39 is 27.9 Å². The van der Waals surface area contributed by atoms with Crippen molar-refractivity contribution in [1.29, 1.82) is 0 Å². The van der Waals surface area contributed by atoms with Gasteiger partial charge in [0.1, 0.15) is 0 Å². The van der Waals surface area contributed by atoms with E-state index in [9.17, 15) is 22.8 Å². The van der Waals surface area contributed by atoms with Crippen LogP contribution in [0.4, 0.5) is 5.69 Å². The molecule has 0 spiro atoms. The van der Waals surface area contributed by atoms with Crippen molar-refractivity contribution < 1.29 is 27.5 Å². The molecule has 1 aliphatic heterocycles. The number of carbonyl (C=O) groups excluding carboxylic acids is 3. The molecule has 0 aromatic heterocycles. The number of rotatable bonds is 7. The van der Waals surface area contributed by atoms with Gasteiger partial charge in [-0.25, -0.2) is 13.2 Å². The van der Waals surface area contributed by atoms with E-state index in [1.807, 2.05) is 6.07 Å². The number of fused-ring (bicyclic) bond motifs is 4. The predicted octanol–water partition coefficient (Wildman–Crippen LogP) is 4.26. The Morgan fingerprint density at radius 1 is 0.930 bits per heavy atom. The Morgan fingerprint density at radius 2 is 1.65 bits per heavy atom. The van der Waals surface area contributed by atoms with E-state index in [2.05, 4.69) is 5.32 Å². The van der Waals surface area contributed by atoms with Crippen LogP contribution in [0.25, 0.3) is 11.1 Å². The summed E-state index contributed by atoms with van der Waals surface area (Å²) in [6.07, 6.45) is 0.490. The summed E-state index contributed by atoms with van der Waals surface area (Å²) < 4.78 is 33.4. The van der Waals surface area contributed by atoms with E-state index in [0.717, 1.165) is 11.1 Å². The fourth-order valence-electron chi connectivity index (χ4n) is 5.70. The lowest BCUT2D eigenvalue weighted by molar-refractivity contribution is -0.145. The highest BCUT2D eigenvalue weighted by atomic mass is 32.2. The van der Waals surface area contributed by atoms with Gasteiger partial charge in [0.15, 0.2) is 11.8 Å². The summed E-state index contributed by atoms with van der Waals surface area (Å²) in [7, 11) is -3.78. The van der Waals surface area contributed by atoms with Gasteiger partial charge in [-0.15, -0.1) is 0 Å². The van der Waals surface area contributed by atoms with Crippen LogP contribution in [0.2, 0.25) is 0 Å². The second-order valence-corrected chi connectivity index (χ2v) is 12.4. The first-order valence-corrected chi connectivity index (χ1v) is 15.3. The number of anilines is 1. The van der Waals surface area contributed by atoms with Crippen molar-refractivity contribution in [2.24, 2.45) is 0 Å². The van der Waals surface area contributed by atoms with Gasteiger partial charge in [0.25, 0.3) is 5.91 Å². The number of hydrogen-bond acceptors (Lipinski definition) is 7. The Bertz CT molecular complexity index is 1890. The number of nitrogens with two attached hydrogens (primary N) is 1. The lowest BCUT2D eigenvalue weighted by Crippen LogP contribution is -2.37. The third-order valence-corrected chi connectivity index (χ3v) is 9.71. The van der Waals surface area contributed by atoms with E-state index in [0.29, 0.717) is 46.5 Å². The van der Waals surface area contributed by atoms with E-state index in [1.54, 1.807) is 73.7 Å². The molecule has 1 unspecified atom stereocenters. The maximum atomic E-state index is 13.7. The van der Waals surface area contributed by atoms with Gasteiger partial charge < -0.3 is 15.8 Å². The molecule has 0 fully saturated rings. The molecule has 0 bridgehead atoms. The summed E-state index contributed by atoms with van der Waals surface area (Å²) in [5.74, 6) is -1.35. The molecule has 1 heterocycles. The van der Waals surface area contributed by atoms with E-state index in [-0.39, 0.29) is 29.4 Å². The van der Waals surface area contributed by atoms with Crippen LogP contribution < -0.4 is 11.1 Å². The predicted molar refractivity (Wildman–Crippen MR) is 161 cm³/mol. The van der Waals surface area contributed by atoms with Gasteiger partial charge in [0.2, 0.25) is 10.0 Å². The molecule has 4 aromatic rings. The minimum absolute atomic E-state index is 0.102. The SMILES string of the molecule is CCOC(=O)C(NC(=O)c1cccc2c1-c1ccccc1C2=O)c1ccc2c(c1)CN(S(=O)(=O)c1ccc(N)cc1)CC2. The first-order valence-electron chi connectivity index (χ1n) is 13.9. The van der Waals surface area contributed by atoms with Crippen molar-refractivity contribution in [3.63, 3.8) is 0 Å². The second kappa shape index (κ2) is 11.1. The van der Waals surface area contributed by atoms with Crippen molar-refractivity contribution in [2.75, 3.05) is 18.9 Å². The molecule has 218 valence electrons. The lowest BCUT2D eigenvalue weighted by Gasteiger charge is -2.29. The molecule has 1 atom stereocenters. The fourth-order valence-corrected chi connectivity index (χ4v) is 7.12. The molecule has 1 aliphatic carbocycles. The normalized spacial score (nSPS) is 14.8. The van der Waals surface area contributed by atoms with Crippen molar-refractivity contribution in [1.82, 2.24) is 9.62 Å². The highest BCUT2D eigenvalue weighted by molar-refractivity contribution is 7.89. The van der Waals surface area contributed by atoms with Crippen LogP contribution in [0.1, 0.15) is 55.9 Å². The molecule has 10 heteroatoms. The van der Waals surface area contributed by atoms with Gasteiger partial charge in [0, 0.05) is 41.0 Å². The zero-order valence-corrected chi connectivity index (χ0v) is 24.2. The second-order valence-electron chi connectivity index (χ2n) is 10.4. The van der Waals surface area contributed by atoms with Crippen molar-refractivity contribution in [3.8, 4) is 11.1 Å². The highest BCUT2D eigenvalue weighted by Gasteiger charge is 2.33. The van der Waals surface area contributed by atoms with Gasteiger partial charge in [-0.3, -0.25) is 9.59 Å². The number of benzene rings is 4. The molecule has 0 saturated heterocycles. The molecule has 43 heavy (non-hydrogen) atoms. The molecular formula is C33H29N3O6S. The van der Waals surface area contributed by atoms with Crippen molar-refractivity contribution in [3.05, 3.63) is 118 Å². The Morgan fingerprint density at radius 3 is 2.40 bits per heavy atom. The number of ether oxygens (including phenoxy) is 1. The average Bonchev–Trinajstić information content (AvgIpc) is 3.31. The summed E-state index contributed by atoms with van der Waals surface area (Å²) >= 11 is 0. The number of nitrogens with one attached hydrogen (secondary N) is 1. The zero-order valence-electron chi connectivity index (χ0n) is 23.4. The van der Waals surface area contributed by atoms with Gasteiger partial charge in [-0.2, -0.15) is 4.31 Å². The quantitative estimate of drug-likeness (QED) is 0.212. The number of nitrogens with zero attached hydrogens (tertiary/aromatic N) is 1. The molecule has 9 nitrogen and oxygen atoms in total. The highest BCUT2D eigenvalue weighted by Crippen LogP contribution is 2.39. The number of carbonyl (C=O) groups is 3. The van der Waals surface area contributed by atoms with Gasteiger partial charge >= 0.3 is 5.97 Å². The number of ketones is 1. The van der Waals surface area contributed by atoms with Crippen LogP contribution in [-0.4, -0.2) is 43.5 Å². The summed E-state index contributed by atoms with van der Waals surface area (Å²) in [5.41, 5.74) is 10.8. The van der Waals surface area contributed by atoms with Crippen molar-refractivity contribution in [2.45, 2.75) is 30.8 Å². The van der Waals surface area contributed by atoms with Crippen LogP contribution in [-0.2, 0) is 32.5 Å². The number of nitrogen functional groups attached to an aromatic ring is 1. The Balaban J connectivity index is 1.32. The number of amides is 1. The minimum atomic E-state index is -3.78. The average molecular weight is 596 g/mol. The molecule has 0 radical (unpaired) electrons. The number of esters is 1. The zero-order chi connectivity index (χ0) is 30.3. The monoisotopic (exact) mass is 595 g/mol. The first-order chi connectivity index (χ1) is 20.7. The number of hydrogen-bond donors (Lipinski definition) is 2. The molecule has 4 aromatic carbocycles. The molecule has 6 rings (SSSR count). The van der Waals surface area contributed by atoms with Crippen LogP contribution >= 0.6 is 0 Å². The summed E-state index contributed by atoms with van der Waals surface area (Å²) in [5, 5.41) is 2.82. The van der Waals surface area contributed by atoms with Crippen LogP contribution in [0.5, 0.6) is 0 Å². The van der Waals surface area contributed by atoms with E-state index in [1.165, 1.54) is 16.4 Å². The van der Waals surface area contributed by atoms with Gasteiger partial charge in [-0.1, -0.05) is 54.6 Å². The van der Waals surface area contributed by atoms with Crippen molar-refractivity contribution >= 4 is 33.4 Å². The minimum Gasteiger partial charge on any atom is -0.464 e. The molecular weight excluding hydrogens is 566 g/mol. The third-order valence-electron chi connectivity index (χ3n) is 7.85. The van der Waals surface area contributed by atoms with E-state index in [4.69, 9.17) is 10.5 Å². The van der Waals surface area contributed by atoms with Gasteiger partial charge in [0.05, 0.1) is 11.5 Å². The summed E-state index contributed by atoms with van der Waals surface area (Å²) in [4.78, 5) is 40.1. The maximum Gasteiger partial charge on any atom is 0.333 e. The first kappa shape index (κ1) is 28.3. The lowest BCUT2D eigenvalue weighted by atomic mass is 9.95. The van der Waals surface area contributed by atoms with E-state index >= 15 is 0 Å². The topological polar surface area (TPSA) is 136 Å². The third kappa shape index (κ3) is 5.09. The summed E-state index contributed by atoms with van der Waals surface area (Å²) in [6.45, 7) is 2.18. The van der Waals surface area contributed by atoms with Gasteiger partial charge in [-0.05, 0) is 65.9 Å². The Labute approximate surface area is 249 Å². The van der Waals surface area contributed by atoms with Crippen LogP contribution in [0, 0.1) is 0 Å². The smallest absolute Gasteiger partial charge is 0.333 e. The largest absolute Gasteiger partial charge is 0.464 e. The molecule has 3 N–H and O–H groups in total. The molecule has 1 amide bonds. The maximum absolute atomic E-state index is 13.7. The number of sulfonamides is 1. The molecule has 0 saturated carbocycles. The Hall–Kier alpha value is -4.80. The summed E-state index contributed by atoms with van der Waals surface area (Å²) in [6, 6.07) is 22.3. The standard InChI is InChI=1S/C33H29N3O6S/c1-2-42-33(39)30(35-32(38)28-9-5-8-27-29(28)25-6-3-4-7-26(25)31(27)37)21-11-10-20-16-17-36(19-22(20)18-21)43(40,41)24-14-12-23(34)13-15-24/h3-15,18,30H,2,16-17,19,34H2,1H3,(H,35,38). The fraction of sp³-hybridized carbons (Fsp3) is 0.182. The van der Waals surface area contributed by atoms with Crippen LogP contribution in [0.15, 0.2) is 89.8 Å².